The molecule has 0 fully saturated rings. The van der Waals surface area contributed by atoms with Crippen LogP contribution in [0.25, 0.3) is 0 Å². The van der Waals surface area contributed by atoms with E-state index in [0.717, 1.165) is 5.56 Å². The van der Waals surface area contributed by atoms with Gasteiger partial charge in [0.1, 0.15) is 6.10 Å². The van der Waals surface area contributed by atoms with E-state index in [9.17, 15) is 9.00 Å². The van der Waals surface area contributed by atoms with Crippen molar-refractivity contribution in [2.45, 2.75) is 30.6 Å². The van der Waals surface area contributed by atoms with Crippen molar-refractivity contribution in [1.82, 2.24) is 0 Å². The van der Waals surface area contributed by atoms with Gasteiger partial charge in [-0.3, -0.25) is 4.03 Å². The van der Waals surface area contributed by atoms with Crippen molar-refractivity contribution >= 4 is 24.1 Å². The fourth-order valence-corrected chi connectivity index (χ4v) is 8.20. The average molecular weight is 392 g/mol. The fraction of sp³-hybridized carbons (Fsp3) is 0.316. The lowest BCUT2D eigenvalue weighted by molar-refractivity contribution is 0.0442. The standard InChI is InChI=1S/C19H25NO4SSi/c1-23-19(21)24-18(16-11-7-5-8-12-16)15-25(22,20-26(2,3)4)17-13-9-6-10-14-17/h5-14,18H,15H2,1-4H3. The Morgan fingerprint density at radius 2 is 1.58 bits per heavy atom. The third-order valence-corrected chi connectivity index (χ3v) is 8.62. The summed E-state index contributed by atoms with van der Waals surface area (Å²) in [7, 11) is -3.53. The van der Waals surface area contributed by atoms with Crippen LogP contribution in [0.5, 0.6) is 0 Å². The molecule has 2 rings (SSSR count). The van der Waals surface area contributed by atoms with Crippen LogP contribution < -0.4 is 0 Å². The minimum Gasteiger partial charge on any atom is -0.438 e. The number of hydrogen-bond donors (Lipinski definition) is 0. The molecule has 140 valence electrons. The molecular formula is C19H25NO4SSi. The van der Waals surface area contributed by atoms with Gasteiger partial charge in [-0.2, -0.15) is 0 Å². The molecule has 5 nitrogen and oxygen atoms in total. The van der Waals surface area contributed by atoms with Crippen molar-refractivity contribution in [3.05, 3.63) is 66.2 Å². The molecule has 0 N–H and O–H groups in total. The smallest absolute Gasteiger partial charge is 0.438 e. The maximum Gasteiger partial charge on any atom is 0.508 e. The highest BCUT2D eigenvalue weighted by Gasteiger charge is 2.27. The van der Waals surface area contributed by atoms with Crippen LogP contribution in [0.4, 0.5) is 4.79 Å². The molecule has 2 atom stereocenters. The molecule has 2 aromatic rings. The Balaban J connectivity index is 2.51. The first-order chi connectivity index (χ1) is 12.2. The minimum absolute atomic E-state index is 0.0837. The van der Waals surface area contributed by atoms with Crippen LogP contribution in [0, 0.1) is 0 Å². The predicted molar refractivity (Wildman–Crippen MR) is 106 cm³/mol. The Kier molecular flexibility index (Phi) is 6.61. The van der Waals surface area contributed by atoms with Gasteiger partial charge in [-0.15, -0.1) is 0 Å². The topological polar surface area (TPSA) is 65.0 Å². The van der Waals surface area contributed by atoms with Gasteiger partial charge >= 0.3 is 6.16 Å². The lowest BCUT2D eigenvalue weighted by Crippen LogP contribution is -2.25. The summed E-state index contributed by atoms with van der Waals surface area (Å²) < 4.78 is 28.7. The molecule has 0 amide bonds. The van der Waals surface area contributed by atoms with Crippen LogP contribution in [-0.4, -0.2) is 31.5 Å². The third-order valence-electron chi connectivity index (χ3n) is 3.49. The van der Waals surface area contributed by atoms with Gasteiger partial charge in [0.25, 0.3) is 0 Å². The van der Waals surface area contributed by atoms with Crippen molar-refractivity contribution < 1.29 is 18.5 Å². The van der Waals surface area contributed by atoms with E-state index >= 15 is 0 Å². The van der Waals surface area contributed by atoms with Crippen molar-refractivity contribution in [1.29, 1.82) is 0 Å². The highest BCUT2D eigenvalue weighted by Crippen LogP contribution is 2.27. The molecule has 0 aromatic heterocycles. The third kappa shape index (κ3) is 5.71. The summed E-state index contributed by atoms with van der Waals surface area (Å²) in [5, 5.41) is 0. The molecule has 0 bridgehead atoms. The van der Waals surface area contributed by atoms with Crippen LogP contribution >= 0.6 is 0 Å². The zero-order valence-electron chi connectivity index (χ0n) is 15.5. The molecule has 26 heavy (non-hydrogen) atoms. The molecule has 7 heteroatoms. The van der Waals surface area contributed by atoms with Crippen molar-refractivity contribution in [3.63, 3.8) is 0 Å². The van der Waals surface area contributed by atoms with Crippen molar-refractivity contribution in [3.8, 4) is 0 Å². The van der Waals surface area contributed by atoms with E-state index in [2.05, 4.69) is 4.74 Å². The molecule has 0 saturated heterocycles. The fourth-order valence-electron chi connectivity index (χ4n) is 2.50. The van der Waals surface area contributed by atoms with E-state index in [1.165, 1.54) is 7.11 Å². The number of rotatable bonds is 6. The first kappa shape index (κ1) is 20.2. The molecular weight excluding hydrogens is 366 g/mol. The SMILES string of the molecule is COC(=O)OC(CS(=O)(=N[Si](C)(C)C)c1ccccc1)c1ccccc1. The summed E-state index contributed by atoms with van der Waals surface area (Å²) in [4.78, 5) is 12.4. The van der Waals surface area contributed by atoms with Crippen LogP contribution in [0.15, 0.2) is 69.6 Å². The first-order valence-electron chi connectivity index (χ1n) is 8.34. The van der Waals surface area contributed by atoms with Crippen molar-refractivity contribution in [2.75, 3.05) is 12.9 Å². The number of carbonyl (C=O) groups is 1. The van der Waals surface area contributed by atoms with Gasteiger partial charge < -0.3 is 9.47 Å². The zero-order chi connectivity index (χ0) is 19.2. The highest BCUT2D eigenvalue weighted by atomic mass is 32.2. The van der Waals surface area contributed by atoms with Crippen LogP contribution in [-0.2, 0) is 19.2 Å². The van der Waals surface area contributed by atoms with Crippen LogP contribution in [0.3, 0.4) is 0 Å². The number of ether oxygens (including phenoxy) is 2. The summed E-state index contributed by atoms with van der Waals surface area (Å²) in [6.07, 6.45) is -1.52. The van der Waals surface area contributed by atoms with E-state index < -0.39 is 30.2 Å². The second kappa shape index (κ2) is 8.51. The zero-order valence-corrected chi connectivity index (χ0v) is 17.4. The lowest BCUT2D eigenvalue weighted by Gasteiger charge is -2.22. The van der Waals surface area contributed by atoms with E-state index in [0.29, 0.717) is 4.90 Å². The van der Waals surface area contributed by atoms with E-state index in [-0.39, 0.29) is 5.75 Å². The Hall–Kier alpha value is -2.12. The summed E-state index contributed by atoms with van der Waals surface area (Å²) in [6, 6.07) is 18.4. The average Bonchev–Trinajstić information content (AvgIpc) is 2.61. The minimum atomic E-state index is -2.77. The molecule has 0 spiro atoms. The Morgan fingerprint density at radius 3 is 2.08 bits per heavy atom. The maximum atomic E-state index is 13.9. The molecule has 2 unspecified atom stereocenters. The van der Waals surface area contributed by atoms with Crippen molar-refractivity contribution in [2.24, 2.45) is 4.03 Å². The summed E-state index contributed by atoms with van der Waals surface area (Å²) >= 11 is 0. The largest absolute Gasteiger partial charge is 0.508 e. The van der Waals surface area contributed by atoms with Gasteiger partial charge in [-0.05, 0) is 37.3 Å². The lowest BCUT2D eigenvalue weighted by atomic mass is 10.1. The van der Waals surface area contributed by atoms with Gasteiger partial charge in [-0.1, -0.05) is 48.5 Å². The van der Waals surface area contributed by atoms with Gasteiger partial charge in [0, 0.05) is 4.90 Å². The quantitative estimate of drug-likeness (QED) is 0.520. The molecule has 0 aliphatic carbocycles. The molecule has 2 aromatic carbocycles. The van der Waals surface area contributed by atoms with Gasteiger partial charge in [-0.25, -0.2) is 9.00 Å². The molecule has 0 heterocycles. The maximum absolute atomic E-state index is 13.9. The molecule has 0 radical (unpaired) electrons. The van der Waals surface area contributed by atoms with E-state index in [1.54, 1.807) is 0 Å². The Bertz CT molecular complexity index is 841. The van der Waals surface area contributed by atoms with Gasteiger partial charge in [0.2, 0.25) is 0 Å². The number of hydrogen-bond acceptors (Lipinski definition) is 5. The van der Waals surface area contributed by atoms with E-state index in [1.807, 2.05) is 80.3 Å². The second-order valence-electron chi connectivity index (χ2n) is 6.85. The predicted octanol–water partition coefficient (Wildman–Crippen LogP) is 4.87. The van der Waals surface area contributed by atoms with Gasteiger partial charge in [0.15, 0.2) is 8.24 Å². The summed E-state index contributed by atoms with van der Waals surface area (Å²) in [5.74, 6) is 0.0837. The van der Waals surface area contributed by atoms with E-state index in [4.69, 9.17) is 8.77 Å². The van der Waals surface area contributed by atoms with Crippen LogP contribution in [0.1, 0.15) is 11.7 Å². The summed E-state index contributed by atoms with van der Waals surface area (Å²) in [6.45, 7) is 6.11. The highest BCUT2D eigenvalue weighted by molar-refractivity contribution is 7.94. The normalized spacial score (nSPS) is 14.8. The number of benzene rings is 2. The monoisotopic (exact) mass is 391 g/mol. The number of methoxy groups -OCH3 is 1. The summed E-state index contributed by atoms with van der Waals surface area (Å²) in [5.41, 5.74) is 0.757. The van der Waals surface area contributed by atoms with Gasteiger partial charge in [0.05, 0.1) is 22.6 Å². The Labute approximate surface area is 156 Å². The number of nitrogens with zero attached hydrogens (tertiary/aromatic N) is 1. The first-order valence-corrected chi connectivity index (χ1v) is 13.5. The molecule has 0 saturated carbocycles. The molecule has 0 aliphatic heterocycles. The molecule has 0 aliphatic rings. The Morgan fingerprint density at radius 1 is 1.04 bits per heavy atom. The number of carbonyl (C=O) groups excluding carboxylic acids is 1. The second-order valence-corrected chi connectivity index (χ2v) is 14.0. The van der Waals surface area contributed by atoms with Crippen LogP contribution in [0.2, 0.25) is 19.6 Å².